The topological polar surface area (TPSA) is 99.1 Å². The van der Waals surface area contributed by atoms with E-state index in [4.69, 9.17) is 11.6 Å². The van der Waals surface area contributed by atoms with Crippen molar-refractivity contribution in [1.82, 2.24) is 23.7 Å². The summed E-state index contributed by atoms with van der Waals surface area (Å²) in [6.45, 7) is 0.339. The zero-order valence-corrected chi connectivity index (χ0v) is 17.0. The van der Waals surface area contributed by atoms with Gasteiger partial charge in [-0.2, -0.15) is 10.1 Å². The number of aromatic nitrogens is 5. The SMILES string of the molecule is Cn1c(=O)c2c(nc(N/N=C\c3cccnc3)n2Cc2ccc(Cl)cc2)n(C)c1=O. The third kappa shape index (κ3) is 3.62. The van der Waals surface area contributed by atoms with E-state index in [2.05, 4.69) is 20.5 Å². The van der Waals surface area contributed by atoms with Crippen LogP contribution in [0.25, 0.3) is 11.2 Å². The van der Waals surface area contributed by atoms with Crippen molar-refractivity contribution in [2.45, 2.75) is 6.54 Å². The maximum Gasteiger partial charge on any atom is 0.332 e. The molecule has 3 aromatic heterocycles. The number of rotatable bonds is 5. The number of hydrogen-bond acceptors (Lipinski definition) is 6. The number of fused-ring (bicyclic) bond motifs is 1. The third-order valence-corrected chi connectivity index (χ3v) is 4.92. The molecule has 3 heterocycles. The van der Waals surface area contributed by atoms with Crippen LogP contribution < -0.4 is 16.7 Å². The van der Waals surface area contributed by atoms with Gasteiger partial charge < -0.3 is 0 Å². The number of nitrogens with one attached hydrogen (secondary N) is 1. The zero-order valence-electron chi connectivity index (χ0n) is 16.3. The van der Waals surface area contributed by atoms with E-state index in [1.165, 1.54) is 11.6 Å². The van der Waals surface area contributed by atoms with Crippen LogP contribution in [0.5, 0.6) is 0 Å². The van der Waals surface area contributed by atoms with Crippen molar-refractivity contribution >= 4 is 34.9 Å². The quantitative estimate of drug-likeness (QED) is 0.391. The van der Waals surface area contributed by atoms with Gasteiger partial charge in [0.2, 0.25) is 5.95 Å². The first-order valence-corrected chi connectivity index (χ1v) is 9.43. The molecule has 0 amide bonds. The molecule has 0 saturated heterocycles. The van der Waals surface area contributed by atoms with E-state index in [0.29, 0.717) is 23.0 Å². The number of halogens is 1. The maximum atomic E-state index is 12.9. The van der Waals surface area contributed by atoms with Gasteiger partial charge in [0.05, 0.1) is 12.8 Å². The second-order valence-electron chi connectivity index (χ2n) is 6.68. The molecule has 10 heteroatoms. The molecule has 0 unspecified atom stereocenters. The fraction of sp³-hybridized carbons (Fsp3) is 0.150. The van der Waals surface area contributed by atoms with E-state index in [-0.39, 0.29) is 5.65 Å². The molecule has 4 rings (SSSR count). The van der Waals surface area contributed by atoms with Crippen molar-refractivity contribution in [2.75, 3.05) is 5.43 Å². The summed E-state index contributed by atoms with van der Waals surface area (Å²) >= 11 is 5.98. The molecular weight excluding hydrogens is 406 g/mol. The fourth-order valence-electron chi connectivity index (χ4n) is 3.08. The van der Waals surface area contributed by atoms with Gasteiger partial charge in [0, 0.05) is 37.1 Å². The van der Waals surface area contributed by atoms with Gasteiger partial charge in [-0.3, -0.25) is 23.5 Å². The van der Waals surface area contributed by atoms with E-state index in [0.717, 1.165) is 15.7 Å². The number of nitrogens with zero attached hydrogens (tertiary/aromatic N) is 6. The predicted octanol–water partition coefficient (Wildman–Crippen LogP) is 1.98. The molecule has 4 aromatic rings. The highest BCUT2D eigenvalue weighted by atomic mass is 35.5. The van der Waals surface area contributed by atoms with Gasteiger partial charge >= 0.3 is 5.69 Å². The Kier molecular flexibility index (Phi) is 5.20. The van der Waals surface area contributed by atoms with Crippen LogP contribution in [-0.2, 0) is 20.6 Å². The van der Waals surface area contributed by atoms with Crippen molar-refractivity contribution in [1.29, 1.82) is 0 Å². The maximum absolute atomic E-state index is 12.9. The third-order valence-electron chi connectivity index (χ3n) is 4.66. The minimum absolute atomic E-state index is 0.274. The normalized spacial score (nSPS) is 11.4. The number of aryl methyl sites for hydroxylation is 1. The summed E-state index contributed by atoms with van der Waals surface area (Å²) in [4.78, 5) is 33.7. The smallest absolute Gasteiger partial charge is 0.298 e. The molecule has 0 spiro atoms. The largest absolute Gasteiger partial charge is 0.332 e. The average Bonchev–Trinajstić information content (AvgIpc) is 3.11. The molecule has 0 aliphatic heterocycles. The van der Waals surface area contributed by atoms with Gasteiger partial charge in [-0.05, 0) is 23.8 Å². The molecule has 9 nitrogen and oxygen atoms in total. The molecule has 0 saturated carbocycles. The zero-order chi connectivity index (χ0) is 21.3. The van der Waals surface area contributed by atoms with E-state index < -0.39 is 11.2 Å². The summed E-state index contributed by atoms with van der Waals surface area (Å²) in [5, 5.41) is 4.83. The number of anilines is 1. The average molecular weight is 424 g/mol. The minimum Gasteiger partial charge on any atom is -0.298 e. The standard InChI is InChI=1S/C20H18ClN7O2/c1-26-17-16(18(29)27(2)20(26)30)28(12-13-5-7-15(21)8-6-13)19(24-17)25-23-11-14-4-3-9-22-10-14/h3-11H,12H2,1-2H3,(H,24,25)/b23-11-. The lowest BCUT2D eigenvalue weighted by Crippen LogP contribution is -2.37. The van der Waals surface area contributed by atoms with E-state index in [9.17, 15) is 9.59 Å². The fourth-order valence-corrected chi connectivity index (χ4v) is 3.20. The van der Waals surface area contributed by atoms with Crippen LogP contribution in [0.4, 0.5) is 5.95 Å². The Bertz CT molecular complexity index is 1350. The second kappa shape index (κ2) is 7.96. The Hall–Kier alpha value is -3.72. The molecule has 0 bridgehead atoms. The molecule has 1 aromatic carbocycles. The molecule has 0 atom stereocenters. The minimum atomic E-state index is -0.450. The van der Waals surface area contributed by atoms with Crippen LogP contribution in [0.2, 0.25) is 5.02 Å². The first-order chi connectivity index (χ1) is 14.5. The molecule has 0 fully saturated rings. The Labute approximate surface area is 175 Å². The lowest BCUT2D eigenvalue weighted by atomic mass is 10.2. The molecule has 0 aliphatic carbocycles. The summed E-state index contributed by atoms with van der Waals surface area (Å²) in [5.41, 5.74) is 4.28. The van der Waals surface area contributed by atoms with Gasteiger partial charge in [0.15, 0.2) is 11.2 Å². The lowest BCUT2D eigenvalue weighted by Gasteiger charge is -2.09. The van der Waals surface area contributed by atoms with Gasteiger partial charge in [-0.15, -0.1) is 0 Å². The number of hydrazone groups is 1. The van der Waals surface area contributed by atoms with Crippen LogP contribution in [0.1, 0.15) is 11.1 Å². The Balaban J connectivity index is 1.83. The first kappa shape index (κ1) is 19.6. The van der Waals surface area contributed by atoms with Crippen molar-refractivity contribution < 1.29 is 0 Å². The Morgan fingerprint density at radius 2 is 1.90 bits per heavy atom. The lowest BCUT2D eigenvalue weighted by molar-refractivity contribution is 0.702. The van der Waals surface area contributed by atoms with E-state index >= 15 is 0 Å². The van der Waals surface area contributed by atoms with Crippen molar-refractivity contribution in [3.63, 3.8) is 0 Å². The number of benzene rings is 1. The molecular formula is C20H18ClN7O2. The molecule has 30 heavy (non-hydrogen) atoms. The summed E-state index contributed by atoms with van der Waals surface area (Å²) in [6, 6.07) is 10.9. The van der Waals surface area contributed by atoms with E-state index in [1.807, 2.05) is 18.2 Å². The van der Waals surface area contributed by atoms with Gasteiger partial charge in [0.25, 0.3) is 5.56 Å². The monoisotopic (exact) mass is 423 g/mol. The summed E-state index contributed by atoms with van der Waals surface area (Å²) in [6.07, 6.45) is 4.93. The van der Waals surface area contributed by atoms with Crippen LogP contribution in [0, 0.1) is 0 Å². The predicted molar refractivity (Wildman–Crippen MR) is 116 cm³/mol. The van der Waals surface area contributed by atoms with Crippen LogP contribution in [0.15, 0.2) is 63.5 Å². The van der Waals surface area contributed by atoms with Crippen LogP contribution in [-0.4, -0.2) is 29.9 Å². The summed E-state index contributed by atoms with van der Waals surface area (Å²) in [5.74, 6) is 0.332. The number of hydrogen-bond donors (Lipinski definition) is 1. The van der Waals surface area contributed by atoms with Crippen molar-refractivity contribution in [3.8, 4) is 0 Å². The van der Waals surface area contributed by atoms with Gasteiger partial charge in [-0.25, -0.2) is 10.2 Å². The highest BCUT2D eigenvalue weighted by molar-refractivity contribution is 6.30. The molecule has 0 radical (unpaired) electrons. The summed E-state index contributed by atoms with van der Waals surface area (Å²) in [7, 11) is 3.02. The molecule has 152 valence electrons. The highest BCUT2D eigenvalue weighted by Gasteiger charge is 2.19. The second-order valence-corrected chi connectivity index (χ2v) is 7.12. The number of pyridine rings is 1. The highest BCUT2D eigenvalue weighted by Crippen LogP contribution is 2.19. The van der Waals surface area contributed by atoms with Crippen LogP contribution in [0.3, 0.4) is 0 Å². The molecule has 0 aliphatic rings. The van der Waals surface area contributed by atoms with Crippen LogP contribution >= 0.6 is 11.6 Å². The first-order valence-electron chi connectivity index (χ1n) is 9.05. The van der Waals surface area contributed by atoms with Crippen molar-refractivity contribution in [3.05, 3.63) is 85.8 Å². The Morgan fingerprint density at radius 3 is 2.60 bits per heavy atom. The molecule has 1 N–H and O–H groups in total. The van der Waals surface area contributed by atoms with Crippen molar-refractivity contribution in [2.24, 2.45) is 19.2 Å². The van der Waals surface area contributed by atoms with E-state index in [1.54, 1.807) is 48.4 Å². The van der Waals surface area contributed by atoms with Gasteiger partial charge in [0.1, 0.15) is 0 Å². The van der Waals surface area contributed by atoms with Gasteiger partial charge in [-0.1, -0.05) is 29.8 Å². The summed E-state index contributed by atoms with van der Waals surface area (Å²) < 4.78 is 4.09. The number of imidazole rings is 1. The Morgan fingerprint density at radius 1 is 1.13 bits per heavy atom.